The second-order valence-corrected chi connectivity index (χ2v) is 4.85. The molecule has 2 aromatic rings. The van der Waals surface area contributed by atoms with E-state index < -0.39 is 0 Å². The highest BCUT2D eigenvalue weighted by atomic mass is 16.5. The zero-order chi connectivity index (χ0) is 14.4. The topological polar surface area (TPSA) is 34.2 Å². The lowest BCUT2D eigenvalue weighted by molar-refractivity contribution is 0.459. The first kappa shape index (κ1) is 14.5. The minimum atomic E-state index is 0.668. The minimum absolute atomic E-state index is 0.668. The molecule has 1 heterocycles. The fourth-order valence-electron chi connectivity index (χ4n) is 1.95. The van der Waals surface area contributed by atoms with Crippen LogP contribution in [0.4, 0.5) is 0 Å². The third kappa shape index (κ3) is 4.07. The molecule has 0 atom stereocenters. The molecule has 0 aliphatic rings. The Bertz CT molecular complexity index is 549. The van der Waals surface area contributed by atoms with Crippen LogP contribution in [-0.4, -0.2) is 11.5 Å². The fourth-order valence-corrected chi connectivity index (χ4v) is 1.95. The van der Waals surface area contributed by atoms with Crippen LogP contribution in [0, 0.1) is 6.92 Å². The van der Waals surface area contributed by atoms with Gasteiger partial charge in [0, 0.05) is 18.3 Å². The molecule has 1 aromatic carbocycles. The fraction of sp³-hybridized carbons (Fsp3) is 0.353. The number of nitrogens with zero attached hydrogens (tertiary/aromatic N) is 1. The second-order valence-electron chi connectivity index (χ2n) is 4.85. The van der Waals surface area contributed by atoms with E-state index in [0.29, 0.717) is 5.88 Å². The van der Waals surface area contributed by atoms with Gasteiger partial charge in [0.25, 0.3) is 0 Å². The van der Waals surface area contributed by atoms with Crippen LogP contribution in [0.5, 0.6) is 11.6 Å². The maximum Gasteiger partial charge on any atom is 0.219 e. The summed E-state index contributed by atoms with van der Waals surface area (Å²) in [6, 6.07) is 12.2. The van der Waals surface area contributed by atoms with Gasteiger partial charge in [-0.3, -0.25) is 0 Å². The van der Waals surface area contributed by atoms with E-state index in [2.05, 4.69) is 37.1 Å². The lowest BCUT2D eigenvalue weighted by Crippen LogP contribution is -2.12. The van der Waals surface area contributed by atoms with Gasteiger partial charge in [0.1, 0.15) is 5.75 Å². The van der Waals surface area contributed by atoms with Crippen molar-refractivity contribution in [2.45, 2.75) is 33.7 Å². The molecular weight excluding hydrogens is 248 g/mol. The summed E-state index contributed by atoms with van der Waals surface area (Å²) in [7, 11) is 0. The van der Waals surface area contributed by atoms with E-state index in [9.17, 15) is 0 Å². The van der Waals surface area contributed by atoms with Crippen molar-refractivity contribution in [1.82, 2.24) is 10.3 Å². The molecule has 2 rings (SSSR count). The van der Waals surface area contributed by atoms with Crippen molar-refractivity contribution in [2.24, 2.45) is 0 Å². The van der Waals surface area contributed by atoms with Crippen molar-refractivity contribution in [2.75, 3.05) is 6.54 Å². The van der Waals surface area contributed by atoms with Crippen LogP contribution < -0.4 is 10.1 Å². The number of aryl methyl sites for hydroxylation is 2. The van der Waals surface area contributed by atoms with Crippen molar-refractivity contribution in [3.05, 3.63) is 53.2 Å². The van der Waals surface area contributed by atoms with E-state index in [0.717, 1.165) is 31.0 Å². The Kier molecular flexibility index (Phi) is 5.13. The van der Waals surface area contributed by atoms with Gasteiger partial charge in [0.15, 0.2) is 0 Å². The normalized spacial score (nSPS) is 10.6. The monoisotopic (exact) mass is 270 g/mol. The van der Waals surface area contributed by atoms with E-state index in [1.807, 2.05) is 30.3 Å². The van der Waals surface area contributed by atoms with Crippen LogP contribution in [0.2, 0.25) is 0 Å². The summed E-state index contributed by atoms with van der Waals surface area (Å²) in [5.41, 5.74) is 3.49. The molecule has 0 amide bonds. The summed E-state index contributed by atoms with van der Waals surface area (Å²) in [6.07, 6.45) is 0.907. The standard InChI is InChI=1S/C17H22N2O/c1-4-15-10-14(12-18-5-2)11-17(19-15)20-16-8-6-13(3)7-9-16/h6-11,18H,4-5,12H2,1-3H3. The van der Waals surface area contributed by atoms with E-state index >= 15 is 0 Å². The van der Waals surface area contributed by atoms with Crippen LogP contribution in [0.25, 0.3) is 0 Å². The summed E-state index contributed by atoms with van der Waals surface area (Å²) < 4.78 is 5.86. The molecule has 0 bridgehead atoms. The molecule has 0 fully saturated rings. The van der Waals surface area contributed by atoms with Crippen LogP contribution in [0.1, 0.15) is 30.7 Å². The SMILES string of the molecule is CCNCc1cc(CC)nc(Oc2ccc(C)cc2)c1. The Labute approximate surface area is 121 Å². The zero-order valence-electron chi connectivity index (χ0n) is 12.4. The van der Waals surface area contributed by atoms with E-state index in [1.54, 1.807) is 0 Å². The third-order valence-electron chi connectivity index (χ3n) is 3.10. The molecule has 0 radical (unpaired) electrons. The molecule has 0 unspecified atom stereocenters. The number of hydrogen-bond acceptors (Lipinski definition) is 3. The van der Waals surface area contributed by atoms with E-state index in [1.165, 1.54) is 11.1 Å². The molecule has 3 nitrogen and oxygen atoms in total. The average Bonchev–Trinajstić information content (AvgIpc) is 2.47. The number of aromatic nitrogens is 1. The van der Waals surface area contributed by atoms with Gasteiger partial charge in [-0.05, 0) is 43.7 Å². The zero-order valence-corrected chi connectivity index (χ0v) is 12.4. The molecule has 20 heavy (non-hydrogen) atoms. The molecule has 106 valence electrons. The summed E-state index contributed by atoms with van der Waals surface area (Å²) in [5.74, 6) is 1.49. The maximum absolute atomic E-state index is 5.86. The first-order valence-corrected chi connectivity index (χ1v) is 7.16. The summed E-state index contributed by atoms with van der Waals surface area (Å²) in [6.45, 7) is 8.07. The van der Waals surface area contributed by atoms with Crippen molar-refractivity contribution < 1.29 is 4.74 Å². The lowest BCUT2D eigenvalue weighted by atomic mass is 10.2. The first-order chi connectivity index (χ1) is 9.71. The Morgan fingerprint density at radius 3 is 2.50 bits per heavy atom. The van der Waals surface area contributed by atoms with Crippen LogP contribution in [-0.2, 0) is 13.0 Å². The number of benzene rings is 1. The van der Waals surface area contributed by atoms with Gasteiger partial charge in [-0.2, -0.15) is 0 Å². The molecule has 0 aliphatic carbocycles. The molecule has 1 N–H and O–H groups in total. The predicted molar refractivity (Wildman–Crippen MR) is 82.2 cm³/mol. The number of rotatable bonds is 6. The Morgan fingerprint density at radius 1 is 1.10 bits per heavy atom. The Morgan fingerprint density at radius 2 is 1.85 bits per heavy atom. The predicted octanol–water partition coefficient (Wildman–Crippen LogP) is 3.85. The van der Waals surface area contributed by atoms with Crippen molar-refractivity contribution in [1.29, 1.82) is 0 Å². The molecule has 3 heteroatoms. The average molecular weight is 270 g/mol. The van der Waals surface area contributed by atoms with E-state index in [4.69, 9.17) is 4.74 Å². The van der Waals surface area contributed by atoms with Crippen molar-refractivity contribution in [3.63, 3.8) is 0 Å². The molecule has 0 saturated heterocycles. The highest BCUT2D eigenvalue weighted by Crippen LogP contribution is 2.21. The largest absolute Gasteiger partial charge is 0.439 e. The minimum Gasteiger partial charge on any atom is -0.439 e. The Hall–Kier alpha value is -1.87. The molecular formula is C17H22N2O. The molecule has 0 saturated carbocycles. The van der Waals surface area contributed by atoms with Crippen molar-refractivity contribution in [3.8, 4) is 11.6 Å². The molecule has 1 aromatic heterocycles. The number of ether oxygens (including phenoxy) is 1. The number of nitrogens with one attached hydrogen (secondary N) is 1. The van der Waals surface area contributed by atoms with Gasteiger partial charge in [-0.25, -0.2) is 4.98 Å². The summed E-state index contributed by atoms with van der Waals surface area (Å²) in [4.78, 5) is 4.53. The van der Waals surface area contributed by atoms with Gasteiger partial charge in [0.2, 0.25) is 5.88 Å². The third-order valence-corrected chi connectivity index (χ3v) is 3.10. The quantitative estimate of drug-likeness (QED) is 0.865. The summed E-state index contributed by atoms with van der Waals surface area (Å²) in [5, 5.41) is 3.33. The lowest BCUT2D eigenvalue weighted by Gasteiger charge is -2.10. The molecule has 0 aliphatic heterocycles. The van der Waals surface area contributed by atoms with E-state index in [-0.39, 0.29) is 0 Å². The second kappa shape index (κ2) is 7.06. The van der Waals surface area contributed by atoms with Crippen LogP contribution in [0.3, 0.4) is 0 Å². The molecule has 0 spiro atoms. The highest BCUT2D eigenvalue weighted by Gasteiger charge is 2.04. The highest BCUT2D eigenvalue weighted by molar-refractivity contribution is 5.32. The van der Waals surface area contributed by atoms with Gasteiger partial charge in [-0.1, -0.05) is 31.5 Å². The van der Waals surface area contributed by atoms with Crippen LogP contribution in [0.15, 0.2) is 36.4 Å². The number of pyridine rings is 1. The van der Waals surface area contributed by atoms with Crippen LogP contribution >= 0.6 is 0 Å². The van der Waals surface area contributed by atoms with Crippen molar-refractivity contribution >= 4 is 0 Å². The van der Waals surface area contributed by atoms with Gasteiger partial charge in [-0.15, -0.1) is 0 Å². The van der Waals surface area contributed by atoms with Gasteiger partial charge < -0.3 is 10.1 Å². The first-order valence-electron chi connectivity index (χ1n) is 7.16. The summed E-state index contributed by atoms with van der Waals surface area (Å²) >= 11 is 0. The maximum atomic E-state index is 5.86. The Balaban J connectivity index is 2.19. The van der Waals surface area contributed by atoms with Gasteiger partial charge in [0.05, 0.1) is 0 Å². The number of hydrogen-bond donors (Lipinski definition) is 1. The smallest absolute Gasteiger partial charge is 0.219 e. The van der Waals surface area contributed by atoms with Gasteiger partial charge >= 0.3 is 0 Å².